The van der Waals surface area contributed by atoms with E-state index in [2.05, 4.69) is 88.9 Å². The maximum atomic E-state index is 13.1. The lowest BCUT2D eigenvalue weighted by molar-refractivity contribution is -0.123. The molecule has 54 heavy (non-hydrogen) atoms. The van der Waals surface area contributed by atoms with E-state index >= 15 is 0 Å². The molecule has 4 aromatic carbocycles. The zero-order valence-electron chi connectivity index (χ0n) is 27.5. The van der Waals surface area contributed by atoms with Crippen molar-refractivity contribution in [3.63, 3.8) is 0 Å². The first-order chi connectivity index (χ1) is 25.6. The van der Waals surface area contributed by atoms with Gasteiger partial charge in [-0.05, 0) is 147 Å². The van der Waals surface area contributed by atoms with Crippen LogP contribution in [0.1, 0.15) is 22.3 Å². The summed E-state index contributed by atoms with van der Waals surface area (Å²) in [4.78, 5) is 49.7. The number of rotatable bonds is 4. The number of phenolic OH excluding ortho intramolecular Hbond substituents is 1. The molecular weight excluding hydrogens is 992 g/mol. The number of hydrogen-bond donors (Lipinski definition) is 3. The molecule has 3 aliphatic rings. The van der Waals surface area contributed by atoms with Gasteiger partial charge in [0.1, 0.15) is 5.75 Å². The summed E-state index contributed by atoms with van der Waals surface area (Å²) in [5.41, 5.74) is 2.29. The van der Waals surface area contributed by atoms with Crippen molar-refractivity contribution < 1.29 is 41.3 Å². The number of nitrogens with zero attached hydrogens (tertiary/aromatic N) is 2. The number of carbonyl (C=O) groups is 2. The van der Waals surface area contributed by atoms with Gasteiger partial charge < -0.3 is 33.9 Å². The summed E-state index contributed by atoms with van der Waals surface area (Å²) in [5, 5.41) is 21.9. The number of aromatic hydroxyl groups is 1. The average Bonchev–Trinajstić information content (AvgIpc) is 3.10. The number of nitroso groups, excluding NO2 is 2. The fourth-order valence-corrected chi connectivity index (χ4v) is 8.33. The van der Waals surface area contributed by atoms with Crippen LogP contribution in [0.25, 0.3) is 0 Å². The molecule has 0 spiro atoms. The summed E-state index contributed by atoms with van der Waals surface area (Å²) in [6.07, 6.45) is 0.346. The topological polar surface area (TPSA) is 222 Å². The van der Waals surface area contributed by atoms with Crippen LogP contribution in [0.2, 0.25) is 0 Å². The van der Waals surface area contributed by atoms with Gasteiger partial charge in [0.15, 0.2) is 40.8 Å². The van der Waals surface area contributed by atoms with Crippen LogP contribution < -0.4 is 24.3 Å². The molecule has 2 amide bonds. The van der Waals surface area contributed by atoms with Crippen molar-refractivity contribution in [2.45, 2.75) is 37.8 Å². The first-order valence-corrected chi connectivity index (χ1v) is 20.3. The van der Waals surface area contributed by atoms with Crippen molar-refractivity contribution in [2.24, 2.45) is 10.4 Å². The highest BCUT2D eigenvalue weighted by molar-refractivity contribution is 9.11. The molecule has 0 saturated carbocycles. The number of amides is 2. The molecule has 4 aromatic rings. The van der Waals surface area contributed by atoms with Gasteiger partial charge in [0.25, 0.3) is 10.4 Å². The Morgan fingerprint density at radius 1 is 0.685 bits per heavy atom. The molecule has 7 rings (SSSR count). The van der Waals surface area contributed by atoms with Crippen LogP contribution in [0.3, 0.4) is 0 Å². The fourth-order valence-electron chi connectivity index (χ4n) is 5.33. The van der Waals surface area contributed by atoms with Crippen molar-refractivity contribution in [2.75, 3.05) is 13.1 Å². The van der Waals surface area contributed by atoms with Gasteiger partial charge >= 0.3 is 0 Å². The number of ether oxygens (including phenoxy) is 2. The number of hydrogen-bond acceptors (Lipinski definition) is 13. The number of halogens is 4. The molecule has 8 bridgehead atoms. The Bertz CT molecular complexity index is 2200. The lowest BCUT2D eigenvalue weighted by atomic mass is 10.0. The average molecular weight is 1020 g/mol. The van der Waals surface area contributed by atoms with Gasteiger partial charge in [-0.1, -0.05) is 22.5 Å². The van der Waals surface area contributed by atoms with Gasteiger partial charge in [0.2, 0.25) is 11.8 Å². The minimum atomic E-state index is -5.30. The van der Waals surface area contributed by atoms with Crippen LogP contribution in [0.5, 0.6) is 34.5 Å². The number of phenols is 1. The molecular formula is C34H27Br4N4O11S-. The van der Waals surface area contributed by atoms with Crippen LogP contribution in [-0.2, 0) is 45.7 Å². The standard InChI is InChI=1S/C34H28Br4N4O11S/c35-21-9-17-2-4-28(21)51-29-15-18(1-3-27(29)43)6-8-40-34(45)26(42-47)14-20-12-24(38)32(53-54(48,49)50)30(16-20)52-31-22(36)10-19(11-23(31)37)13-25(41-46)33(44)39-7-5-17/h1-4,9-12,15-16,25-26,43H,5-8,13-14H2,(H,39,44)(H,40,45)(H,48,49,50)/p-1. The van der Waals surface area contributed by atoms with Crippen molar-refractivity contribution in [3.05, 3.63) is 111 Å². The molecule has 3 N–H and O–H groups in total. The van der Waals surface area contributed by atoms with Crippen molar-refractivity contribution in [3.8, 4) is 34.5 Å². The molecule has 3 heterocycles. The molecule has 15 nitrogen and oxygen atoms in total. The summed E-state index contributed by atoms with van der Waals surface area (Å²) in [6.45, 7) is 0.288. The Balaban J connectivity index is 1.50. The summed E-state index contributed by atoms with van der Waals surface area (Å²) >= 11 is 13.5. The summed E-state index contributed by atoms with van der Waals surface area (Å²) in [6, 6.07) is 13.0. The van der Waals surface area contributed by atoms with Gasteiger partial charge in [0.05, 0.1) is 17.9 Å². The third-order valence-electron chi connectivity index (χ3n) is 7.91. The predicted molar refractivity (Wildman–Crippen MR) is 209 cm³/mol. The van der Waals surface area contributed by atoms with E-state index < -0.39 is 40.0 Å². The Labute approximate surface area is 342 Å². The van der Waals surface area contributed by atoms with E-state index in [1.165, 1.54) is 18.2 Å². The Morgan fingerprint density at radius 3 is 1.74 bits per heavy atom. The first-order valence-electron chi connectivity index (χ1n) is 15.8. The maximum absolute atomic E-state index is 13.1. The van der Waals surface area contributed by atoms with E-state index in [1.807, 2.05) is 0 Å². The molecule has 2 unspecified atom stereocenters. The third kappa shape index (κ3) is 10.8. The molecule has 0 fully saturated rings. The fraction of sp³-hybridized carbons (Fsp3) is 0.235. The van der Waals surface area contributed by atoms with E-state index in [9.17, 15) is 37.5 Å². The van der Waals surface area contributed by atoms with E-state index in [1.54, 1.807) is 42.5 Å². The lowest BCUT2D eigenvalue weighted by Gasteiger charge is -2.19. The zero-order chi connectivity index (χ0) is 39.2. The molecule has 284 valence electrons. The Hall–Kier alpha value is -3.95. The smallest absolute Gasteiger partial charge is 0.262 e. The van der Waals surface area contributed by atoms with E-state index in [0.29, 0.717) is 34.2 Å². The van der Waals surface area contributed by atoms with E-state index in [0.717, 1.165) is 5.56 Å². The second-order valence-corrected chi connectivity index (χ2v) is 16.2. The van der Waals surface area contributed by atoms with Gasteiger partial charge in [-0.3, -0.25) is 9.59 Å². The minimum absolute atomic E-state index is 0.0536. The highest BCUT2D eigenvalue weighted by Crippen LogP contribution is 2.45. The van der Waals surface area contributed by atoms with E-state index in [4.69, 9.17) is 9.47 Å². The largest absolute Gasteiger partial charge is 0.716 e. The molecule has 2 atom stereocenters. The molecule has 3 aliphatic heterocycles. The molecule has 0 radical (unpaired) electrons. The molecule has 20 heteroatoms. The van der Waals surface area contributed by atoms with Crippen molar-refractivity contribution in [1.82, 2.24) is 10.6 Å². The Morgan fingerprint density at radius 2 is 1.19 bits per heavy atom. The van der Waals surface area contributed by atoms with Gasteiger partial charge in [0, 0.05) is 25.9 Å². The predicted octanol–water partition coefficient (Wildman–Crippen LogP) is 7.25. The molecule has 0 aliphatic carbocycles. The lowest BCUT2D eigenvalue weighted by Crippen LogP contribution is -2.35. The zero-order valence-corrected chi connectivity index (χ0v) is 34.7. The number of benzene rings is 4. The summed E-state index contributed by atoms with van der Waals surface area (Å²) in [5.74, 6) is -1.59. The van der Waals surface area contributed by atoms with Crippen molar-refractivity contribution >= 4 is 85.9 Å². The number of carbonyl (C=O) groups excluding carboxylic acids is 2. The van der Waals surface area contributed by atoms with E-state index in [-0.39, 0.29) is 67.9 Å². The highest BCUT2D eigenvalue weighted by Gasteiger charge is 2.25. The third-order valence-corrected chi connectivity index (χ3v) is 10.7. The van der Waals surface area contributed by atoms with Crippen LogP contribution in [0.15, 0.2) is 88.9 Å². The number of fused-ring (bicyclic) bond motifs is 2. The molecule has 0 aromatic heterocycles. The van der Waals surface area contributed by atoms with Gasteiger partial charge in [-0.25, -0.2) is 8.42 Å². The van der Waals surface area contributed by atoms with Crippen LogP contribution in [-0.4, -0.2) is 55.1 Å². The summed E-state index contributed by atoms with van der Waals surface area (Å²) < 4.78 is 52.7. The van der Waals surface area contributed by atoms with Crippen LogP contribution in [0, 0.1) is 9.81 Å². The highest BCUT2D eigenvalue weighted by atomic mass is 79.9. The van der Waals surface area contributed by atoms with Crippen LogP contribution >= 0.6 is 63.7 Å². The second-order valence-electron chi connectivity index (χ2n) is 11.8. The van der Waals surface area contributed by atoms with Crippen LogP contribution in [0.4, 0.5) is 0 Å². The van der Waals surface area contributed by atoms with Gasteiger partial charge in [-0.15, -0.1) is 9.81 Å². The first kappa shape index (κ1) is 41.2. The van der Waals surface area contributed by atoms with Crippen molar-refractivity contribution in [1.29, 1.82) is 0 Å². The minimum Gasteiger partial charge on any atom is -0.716 e. The normalized spacial score (nSPS) is 17.2. The SMILES string of the molecule is O=NC1Cc2cc(Br)c(c(Br)c2)Oc2cc(cc(Br)c2OS(=O)(=O)[O-])CC(N=O)C(=O)NCCc2ccc(O)c(c2)Oc2ccc(cc2Br)CCNC1=O. The quantitative estimate of drug-likeness (QED) is 0.105. The molecule has 0 saturated heterocycles. The monoisotopic (exact) mass is 1010 g/mol. The van der Waals surface area contributed by atoms with Gasteiger partial charge in [-0.2, -0.15) is 0 Å². The summed E-state index contributed by atoms with van der Waals surface area (Å²) in [7, 11) is -5.30. The number of nitrogens with one attached hydrogen (secondary N) is 2. The Kier molecular flexibility index (Phi) is 13.8. The second kappa shape index (κ2) is 18.1. The maximum Gasteiger partial charge on any atom is 0.262 e.